The molecule has 76 valence electrons. The van der Waals surface area contributed by atoms with Crippen LogP contribution in [0.2, 0.25) is 0 Å². The third-order valence-electron chi connectivity index (χ3n) is 3.17. The molecule has 1 saturated carbocycles. The Hall–Kier alpha value is -0.220. The van der Waals surface area contributed by atoms with E-state index in [4.69, 9.17) is 0 Å². The van der Waals surface area contributed by atoms with Gasteiger partial charge in [-0.2, -0.15) is 0 Å². The van der Waals surface area contributed by atoms with Crippen molar-refractivity contribution >= 4 is 0 Å². The fourth-order valence-electron chi connectivity index (χ4n) is 2.28. The molecule has 0 unspecified atom stereocenters. The predicted octanol–water partition coefficient (Wildman–Crippen LogP) is 1.03. The molecule has 2 aliphatic rings. The van der Waals surface area contributed by atoms with Crippen LogP contribution in [0.3, 0.4) is 0 Å². The Morgan fingerprint density at radius 2 is 2.00 bits per heavy atom. The first-order valence-electron chi connectivity index (χ1n) is 4.84. The van der Waals surface area contributed by atoms with Crippen LogP contribution in [0.25, 0.3) is 0 Å². The zero-order valence-electron chi connectivity index (χ0n) is 7.97. The number of halogens is 2. The van der Waals surface area contributed by atoms with Gasteiger partial charge in [0.05, 0.1) is 6.54 Å². The quantitative estimate of drug-likeness (QED) is 0.641. The molecule has 0 aromatic rings. The van der Waals surface area contributed by atoms with Gasteiger partial charge in [0.1, 0.15) is 0 Å². The minimum atomic E-state index is -2.18. The number of hydrogen-bond donors (Lipinski definition) is 0. The Kier molecular flexibility index (Phi) is 2.28. The molecular formula is C9H16F2N2. The molecule has 0 N–H and O–H groups in total. The van der Waals surface area contributed by atoms with Gasteiger partial charge in [0.15, 0.2) is 0 Å². The van der Waals surface area contributed by atoms with Crippen LogP contribution in [0, 0.1) is 0 Å². The highest BCUT2D eigenvalue weighted by atomic mass is 19.3. The van der Waals surface area contributed by atoms with Gasteiger partial charge in [-0.3, -0.25) is 4.90 Å². The first-order valence-corrected chi connectivity index (χ1v) is 4.84. The van der Waals surface area contributed by atoms with Crippen LogP contribution in [0.5, 0.6) is 0 Å². The second kappa shape index (κ2) is 3.17. The molecule has 0 radical (unpaired) electrons. The number of nitrogens with zero attached hydrogens (tertiary/aromatic N) is 2. The topological polar surface area (TPSA) is 6.48 Å². The molecule has 0 amide bonds. The Labute approximate surface area is 77.5 Å². The minimum absolute atomic E-state index is 0.0339. The smallest absolute Gasteiger partial charge is 0.251 e. The van der Waals surface area contributed by atoms with E-state index in [1.807, 2.05) is 4.90 Å². The molecule has 1 spiro atoms. The van der Waals surface area contributed by atoms with Gasteiger partial charge in [-0.15, -0.1) is 0 Å². The van der Waals surface area contributed by atoms with Crippen molar-refractivity contribution in [3.8, 4) is 0 Å². The van der Waals surface area contributed by atoms with Crippen LogP contribution in [-0.4, -0.2) is 55.0 Å². The van der Waals surface area contributed by atoms with Gasteiger partial charge >= 0.3 is 0 Å². The lowest BCUT2D eigenvalue weighted by Gasteiger charge is -2.40. The van der Waals surface area contributed by atoms with E-state index in [0.29, 0.717) is 0 Å². The molecule has 2 fully saturated rings. The average molecular weight is 190 g/mol. The van der Waals surface area contributed by atoms with Gasteiger partial charge in [0, 0.05) is 25.2 Å². The summed E-state index contributed by atoms with van der Waals surface area (Å²) in [7, 11) is 2.07. The van der Waals surface area contributed by atoms with Crippen molar-refractivity contribution in [3.63, 3.8) is 0 Å². The molecular weight excluding hydrogens is 174 g/mol. The summed E-state index contributed by atoms with van der Waals surface area (Å²) in [6, 6.07) is 0. The highest BCUT2D eigenvalue weighted by molar-refractivity contribution is 5.07. The summed E-state index contributed by atoms with van der Waals surface area (Å²) in [6.07, 6.45) is 0.0228. The molecule has 2 nitrogen and oxygen atoms in total. The first-order chi connectivity index (χ1) is 6.12. The summed E-state index contributed by atoms with van der Waals surface area (Å²) in [5.41, 5.74) is 0.128. The molecule has 1 aliphatic heterocycles. The van der Waals surface area contributed by atoms with E-state index >= 15 is 0 Å². The van der Waals surface area contributed by atoms with Crippen LogP contribution in [0.15, 0.2) is 0 Å². The molecule has 1 heterocycles. The number of rotatable bonds is 2. The van der Waals surface area contributed by atoms with Gasteiger partial charge < -0.3 is 4.90 Å². The summed E-state index contributed by atoms with van der Waals surface area (Å²) in [5.74, 6) is 0. The minimum Gasteiger partial charge on any atom is -0.303 e. The van der Waals surface area contributed by atoms with Crippen LogP contribution in [0.4, 0.5) is 8.78 Å². The standard InChI is InChI=1S/C9H16F2N2/c1-12-4-5-13(6-8(10)11)9(7-12)2-3-9/h8H,2-7H2,1H3. The number of hydrogen-bond acceptors (Lipinski definition) is 2. The van der Waals surface area contributed by atoms with Gasteiger partial charge in [-0.1, -0.05) is 0 Å². The van der Waals surface area contributed by atoms with E-state index in [-0.39, 0.29) is 12.1 Å². The normalized spacial score (nSPS) is 28.6. The van der Waals surface area contributed by atoms with E-state index in [9.17, 15) is 8.78 Å². The lowest BCUT2D eigenvalue weighted by molar-refractivity contribution is 0.0167. The highest BCUT2D eigenvalue weighted by Gasteiger charge is 2.50. The molecule has 0 bridgehead atoms. The van der Waals surface area contributed by atoms with Crippen molar-refractivity contribution in [3.05, 3.63) is 0 Å². The zero-order valence-corrected chi connectivity index (χ0v) is 7.97. The van der Waals surface area contributed by atoms with Crippen molar-refractivity contribution in [2.75, 3.05) is 33.2 Å². The van der Waals surface area contributed by atoms with Crippen molar-refractivity contribution in [1.29, 1.82) is 0 Å². The summed E-state index contributed by atoms with van der Waals surface area (Å²) >= 11 is 0. The molecule has 0 atom stereocenters. The second-order valence-electron chi connectivity index (χ2n) is 4.30. The van der Waals surface area contributed by atoms with E-state index in [0.717, 1.165) is 32.5 Å². The molecule has 13 heavy (non-hydrogen) atoms. The maximum atomic E-state index is 12.2. The van der Waals surface area contributed by atoms with Crippen LogP contribution >= 0.6 is 0 Å². The maximum absolute atomic E-state index is 12.2. The molecule has 1 aliphatic carbocycles. The molecule has 2 rings (SSSR count). The fraction of sp³-hybridized carbons (Fsp3) is 1.00. The molecule has 1 saturated heterocycles. The zero-order chi connectivity index (χ0) is 9.47. The van der Waals surface area contributed by atoms with Crippen LogP contribution in [0.1, 0.15) is 12.8 Å². The Morgan fingerprint density at radius 3 is 2.54 bits per heavy atom. The van der Waals surface area contributed by atoms with E-state index < -0.39 is 6.43 Å². The summed E-state index contributed by atoms with van der Waals surface area (Å²) in [6.45, 7) is 2.67. The van der Waals surface area contributed by atoms with Crippen molar-refractivity contribution < 1.29 is 8.78 Å². The van der Waals surface area contributed by atoms with Crippen molar-refractivity contribution in [2.24, 2.45) is 0 Å². The SMILES string of the molecule is CN1CCN(CC(F)F)C2(CC2)C1. The average Bonchev–Trinajstić information content (AvgIpc) is 2.76. The van der Waals surface area contributed by atoms with E-state index in [1.165, 1.54) is 0 Å². The highest BCUT2D eigenvalue weighted by Crippen LogP contribution is 2.43. The van der Waals surface area contributed by atoms with Gasteiger partial charge in [-0.05, 0) is 19.9 Å². The second-order valence-corrected chi connectivity index (χ2v) is 4.30. The predicted molar refractivity (Wildman–Crippen MR) is 47.0 cm³/mol. The Balaban J connectivity index is 1.95. The number of piperazine rings is 1. The summed E-state index contributed by atoms with van der Waals surface area (Å²) in [4.78, 5) is 4.23. The van der Waals surface area contributed by atoms with Crippen molar-refractivity contribution in [1.82, 2.24) is 9.80 Å². The number of likely N-dealkylation sites (N-methyl/N-ethyl adjacent to an activating group) is 1. The lowest BCUT2D eigenvalue weighted by atomic mass is 10.1. The molecule has 4 heteroatoms. The largest absolute Gasteiger partial charge is 0.303 e. The van der Waals surface area contributed by atoms with Gasteiger partial charge in [0.2, 0.25) is 0 Å². The van der Waals surface area contributed by atoms with Gasteiger partial charge in [0.25, 0.3) is 6.43 Å². The summed E-state index contributed by atoms with van der Waals surface area (Å²) < 4.78 is 24.5. The summed E-state index contributed by atoms with van der Waals surface area (Å²) in [5, 5.41) is 0. The van der Waals surface area contributed by atoms with Crippen LogP contribution in [-0.2, 0) is 0 Å². The van der Waals surface area contributed by atoms with Crippen LogP contribution < -0.4 is 0 Å². The maximum Gasteiger partial charge on any atom is 0.251 e. The van der Waals surface area contributed by atoms with Gasteiger partial charge in [-0.25, -0.2) is 8.78 Å². The Bertz CT molecular complexity index is 192. The van der Waals surface area contributed by atoms with E-state index in [1.54, 1.807) is 0 Å². The third kappa shape index (κ3) is 1.83. The fourth-order valence-corrected chi connectivity index (χ4v) is 2.28. The monoisotopic (exact) mass is 190 g/mol. The Morgan fingerprint density at radius 1 is 1.31 bits per heavy atom. The molecule has 0 aromatic carbocycles. The van der Waals surface area contributed by atoms with E-state index in [2.05, 4.69) is 11.9 Å². The molecule has 0 aromatic heterocycles. The van der Waals surface area contributed by atoms with Crippen molar-refractivity contribution in [2.45, 2.75) is 24.8 Å². The number of alkyl halides is 2. The first kappa shape index (κ1) is 9.34. The lowest BCUT2D eigenvalue weighted by Crippen LogP contribution is -2.54. The third-order valence-corrected chi connectivity index (χ3v) is 3.17.